The first kappa shape index (κ1) is 34.4. The lowest BCUT2D eigenvalue weighted by Gasteiger charge is -2.32. The van der Waals surface area contributed by atoms with Crippen LogP contribution in [0.1, 0.15) is 69.7 Å². The molecule has 5 rings (SSSR count). The van der Waals surface area contributed by atoms with Crippen molar-refractivity contribution in [3.8, 4) is 0 Å². The minimum atomic E-state index is -2.80. The van der Waals surface area contributed by atoms with Crippen molar-refractivity contribution < 1.29 is 19.4 Å². The van der Waals surface area contributed by atoms with Gasteiger partial charge in [-0.15, -0.1) is 5.10 Å². The van der Waals surface area contributed by atoms with Gasteiger partial charge in [0, 0.05) is 40.8 Å². The Kier molecular flexibility index (Phi) is 10.5. The summed E-state index contributed by atoms with van der Waals surface area (Å²) in [6, 6.07) is 15.8. The molecule has 1 fully saturated rings. The molecule has 1 saturated heterocycles. The summed E-state index contributed by atoms with van der Waals surface area (Å²) in [6.07, 6.45) is 8.40. The topological polar surface area (TPSA) is 101 Å². The van der Waals surface area contributed by atoms with E-state index in [0.717, 1.165) is 34.1 Å². The van der Waals surface area contributed by atoms with Crippen LogP contribution in [-0.4, -0.2) is 58.4 Å². The van der Waals surface area contributed by atoms with Crippen molar-refractivity contribution in [3.63, 3.8) is 0 Å². The molecule has 2 aliphatic rings. The van der Waals surface area contributed by atoms with Crippen molar-refractivity contribution in [2.45, 2.75) is 89.8 Å². The smallest absolute Gasteiger partial charge is 0.264 e. The van der Waals surface area contributed by atoms with Gasteiger partial charge in [-0.2, -0.15) is 0 Å². The Hall–Kier alpha value is -2.89. The highest BCUT2D eigenvalue weighted by atomic mass is 79.9. The second kappa shape index (κ2) is 14.1. The molecule has 3 aromatic rings. The molecule has 2 aromatic carbocycles. The molecule has 46 heavy (non-hydrogen) atoms. The number of benzene rings is 2. The molecule has 10 heteroatoms. The summed E-state index contributed by atoms with van der Waals surface area (Å²) >= 11 is 3.65. The summed E-state index contributed by atoms with van der Waals surface area (Å²) in [5.41, 5.74) is 4.58. The third-order valence-corrected chi connectivity index (χ3v) is 12.6. The van der Waals surface area contributed by atoms with Crippen LogP contribution in [0.15, 0.2) is 82.5 Å². The largest absolute Gasteiger partial charge is 0.432 e. The Morgan fingerprint density at radius 3 is 2.57 bits per heavy atom. The predicted octanol–water partition coefficient (Wildman–Crippen LogP) is 7.09. The van der Waals surface area contributed by atoms with Gasteiger partial charge in [0.25, 0.3) is 5.91 Å². The molecular formula is C36H47BrN4O4Si. The summed E-state index contributed by atoms with van der Waals surface area (Å²) in [5, 5.41) is 18.9. The predicted molar refractivity (Wildman–Crippen MR) is 188 cm³/mol. The van der Waals surface area contributed by atoms with E-state index in [1.54, 1.807) is 4.68 Å². The SMILES string of the molecule is CC(C)=CCC/C(C)=C/CN1C(=O)[C@@]2(O[C@@H](CCn3cc(C(CO)c4ccccc4)nn3)[C@H]([Si](C)(C)O)[C@H]2C)c2cc(Br)ccc21. The summed E-state index contributed by atoms with van der Waals surface area (Å²) < 4.78 is 9.65. The van der Waals surface area contributed by atoms with Crippen LogP contribution in [0.25, 0.3) is 0 Å². The summed E-state index contributed by atoms with van der Waals surface area (Å²) in [7, 11) is -2.80. The lowest BCUT2D eigenvalue weighted by Crippen LogP contribution is -2.46. The third kappa shape index (κ3) is 6.87. The Morgan fingerprint density at radius 2 is 1.89 bits per heavy atom. The fourth-order valence-corrected chi connectivity index (χ4v) is 10.3. The highest BCUT2D eigenvalue weighted by Gasteiger charge is 2.66. The molecule has 246 valence electrons. The molecule has 0 saturated carbocycles. The summed E-state index contributed by atoms with van der Waals surface area (Å²) in [6.45, 7) is 13.2. The number of nitrogens with zero attached hydrogens (tertiary/aromatic N) is 4. The molecule has 3 heterocycles. The second-order valence-electron chi connectivity index (χ2n) is 13.6. The van der Waals surface area contributed by atoms with Gasteiger partial charge in [-0.25, -0.2) is 0 Å². The number of halogens is 1. The van der Waals surface area contributed by atoms with Crippen LogP contribution in [0, 0.1) is 5.92 Å². The number of hydrogen-bond donors (Lipinski definition) is 2. The molecule has 0 bridgehead atoms. The van der Waals surface area contributed by atoms with Gasteiger partial charge in [0.1, 0.15) is 0 Å². The number of carbonyl (C=O) groups excluding carboxylic acids is 1. The Balaban J connectivity index is 1.41. The van der Waals surface area contributed by atoms with Gasteiger partial charge in [0.05, 0.1) is 30.0 Å². The van der Waals surface area contributed by atoms with E-state index in [9.17, 15) is 14.7 Å². The molecular weight excluding hydrogens is 660 g/mol. The van der Waals surface area contributed by atoms with Crippen LogP contribution in [0.4, 0.5) is 5.69 Å². The first-order chi connectivity index (χ1) is 21.9. The van der Waals surface area contributed by atoms with Crippen LogP contribution >= 0.6 is 15.9 Å². The number of amides is 1. The normalized spacial score (nSPS) is 23.7. The van der Waals surface area contributed by atoms with Crippen molar-refractivity contribution in [3.05, 3.63) is 99.3 Å². The zero-order valence-electron chi connectivity index (χ0n) is 27.8. The van der Waals surface area contributed by atoms with Gasteiger partial charge < -0.3 is 19.5 Å². The van der Waals surface area contributed by atoms with Crippen LogP contribution in [0.3, 0.4) is 0 Å². The molecule has 1 aromatic heterocycles. The van der Waals surface area contributed by atoms with E-state index in [1.165, 1.54) is 11.1 Å². The first-order valence-electron chi connectivity index (χ1n) is 16.2. The first-order valence-corrected chi connectivity index (χ1v) is 20.1. The number of rotatable bonds is 12. The maximum absolute atomic E-state index is 14.6. The molecule has 1 amide bonds. The van der Waals surface area contributed by atoms with Gasteiger partial charge in [0.2, 0.25) is 0 Å². The number of fused-ring (bicyclic) bond motifs is 2. The van der Waals surface area contributed by atoms with E-state index < -0.39 is 13.9 Å². The van der Waals surface area contributed by atoms with Gasteiger partial charge in [-0.05, 0) is 76.9 Å². The molecule has 8 nitrogen and oxygen atoms in total. The fourth-order valence-electron chi connectivity index (χ4n) is 7.34. The fraction of sp³-hybridized carbons (Fsp3) is 0.472. The molecule has 5 atom stereocenters. The quantitative estimate of drug-likeness (QED) is 0.154. The summed E-state index contributed by atoms with van der Waals surface area (Å²) in [4.78, 5) is 28.1. The van der Waals surface area contributed by atoms with E-state index in [4.69, 9.17) is 4.74 Å². The lowest BCUT2D eigenvalue weighted by atomic mass is 9.82. The van der Waals surface area contributed by atoms with Crippen LogP contribution in [0.2, 0.25) is 18.6 Å². The number of allylic oxidation sites excluding steroid dienone is 3. The number of ether oxygens (including phenoxy) is 1. The number of carbonyl (C=O) groups is 1. The van der Waals surface area contributed by atoms with Crippen molar-refractivity contribution in [1.82, 2.24) is 15.0 Å². The molecule has 1 unspecified atom stereocenters. The molecule has 2 N–H and O–H groups in total. The van der Waals surface area contributed by atoms with Crippen LogP contribution in [0.5, 0.6) is 0 Å². The number of aliphatic hydroxyl groups is 1. The minimum Gasteiger partial charge on any atom is -0.432 e. The number of aromatic nitrogens is 3. The molecule has 0 radical (unpaired) electrons. The highest BCUT2D eigenvalue weighted by Crippen LogP contribution is 2.60. The van der Waals surface area contributed by atoms with Gasteiger partial charge in [0.15, 0.2) is 13.9 Å². The van der Waals surface area contributed by atoms with Crippen LogP contribution < -0.4 is 4.90 Å². The van der Waals surface area contributed by atoms with Crippen molar-refractivity contribution >= 4 is 35.8 Å². The maximum Gasteiger partial charge on any atom is 0.264 e. The van der Waals surface area contributed by atoms with Gasteiger partial charge in [-0.3, -0.25) is 9.48 Å². The minimum absolute atomic E-state index is 0.0658. The second-order valence-corrected chi connectivity index (χ2v) is 18.5. The highest BCUT2D eigenvalue weighted by molar-refractivity contribution is 9.10. The molecule has 2 aliphatic heterocycles. The monoisotopic (exact) mass is 706 g/mol. The van der Waals surface area contributed by atoms with E-state index in [2.05, 4.69) is 66.1 Å². The number of hydrogen-bond acceptors (Lipinski definition) is 6. The average Bonchev–Trinajstić information content (AvgIpc) is 3.65. The van der Waals surface area contributed by atoms with E-state index in [-0.39, 0.29) is 36.0 Å². The Labute approximate surface area is 282 Å². The van der Waals surface area contributed by atoms with Crippen LogP contribution in [-0.2, 0) is 21.7 Å². The average molecular weight is 708 g/mol. The standard InChI is InChI=1S/C36H47BrN4O4Si/c1-24(2)11-10-12-25(3)17-20-41-32-16-15-28(37)21-30(32)36(35(41)43)26(4)34(46(5,6)44)33(45-36)18-19-40-22-31(38-39-40)29(23-42)27-13-8-7-9-14-27/h7-9,11,13-17,21-22,26,29,33-34,42,44H,10,12,18-20,23H2,1-6H3/b25-17+/t26-,29?,33+,34-,36+/m1/s1. The van der Waals surface area contributed by atoms with Gasteiger partial charge >= 0.3 is 0 Å². The van der Waals surface area contributed by atoms with Crippen molar-refractivity contribution in [1.29, 1.82) is 0 Å². The number of aryl methyl sites for hydroxylation is 1. The summed E-state index contributed by atoms with van der Waals surface area (Å²) in [5.74, 6) is -0.566. The number of aliphatic hydroxyl groups excluding tert-OH is 1. The van der Waals surface area contributed by atoms with E-state index in [1.807, 2.05) is 72.7 Å². The third-order valence-electron chi connectivity index (χ3n) is 9.60. The van der Waals surface area contributed by atoms with Crippen molar-refractivity contribution in [2.24, 2.45) is 5.92 Å². The molecule has 1 spiro atoms. The number of anilines is 1. The zero-order chi connectivity index (χ0) is 33.2. The molecule has 0 aliphatic carbocycles. The Morgan fingerprint density at radius 1 is 1.15 bits per heavy atom. The maximum atomic E-state index is 14.6. The lowest BCUT2D eigenvalue weighted by molar-refractivity contribution is -0.145. The Bertz CT molecular complexity index is 1600. The zero-order valence-corrected chi connectivity index (χ0v) is 30.4. The van der Waals surface area contributed by atoms with E-state index in [0.29, 0.717) is 25.2 Å². The van der Waals surface area contributed by atoms with E-state index >= 15 is 0 Å². The van der Waals surface area contributed by atoms with Crippen molar-refractivity contribution in [2.75, 3.05) is 18.1 Å². The van der Waals surface area contributed by atoms with Gasteiger partial charge in [-0.1, -0.05) is 81.7 Å².